The van der Waals surface area contributed by atoms with E-state index in [1.807, 2.05) is 0 Å². The number of carbonyl (C=O) groups is 1. The summed E-state index contributed by atoms with van der Waals surface area (Å²) in [4.78, 5) is 13.5. The Balaban J connectivity index is 1.36. The standard InChI is InChI=1S/C26H30O15/c1-9-17(29)19(31)21(33)24(37-9)38-12-4-2-10(3-5-12)26(36)23(35)16-13(6-11(28)7-14(16)41-26)39-25-22(34)20(32)18(30)15(8-27)40-25/h2-7,9,15,17-22,24-25,27-34,36H,8H2,1H3/t9-,15+,17-,18+,19+,20-,21+,22+,24-,25+,26?/m0/s1. The minimum atomic E-state index is -2.60. The lowest BCUT2D eigenvalue weighted by Gasteiger charge is -2.39. The van der Waals surface area contributed by atoms with Gasteiger partial charge in [-0.2, -0.15) is 0 Å². The van der Waals surface area contributed by atoms with Gasteiger partial charge in [0.2, 0.25) is 18.4 Å². The van der Waals surface area contributed by atoms with Gasteiger partial charge in [0.1, 0.15) is 71.3 Å². The van der Waals surface area contributed by atoms with Crippen LogP contribution in [0.2, 0.25) is 0 Å². The molecule has 2 aromatic rings. The van der Waals surface area contributed by atoms with Gasteiger partial charge in [-0.1, -0.05) is 0 Å². The van der Waals surface area contributed by atoms with E-state index in [9.17, 15) is 50.8 Å². The molecule has 3 aliphatic heterocycles. The third-order valence-corrected chi connectivity index (χ3v) is 7.24. The number of phenols is 1. The normalized spacial score (nSPS) is 38.7. The predicted molar refractivity (Wildman–Crippen MR) is 131 cm³/mol. The molecule has 224 valence electrons. The first-order valence-corrected chi connectivity index (χ1v) is 12.6. The monoisotopic (exact) mass is 582 g/mol. The van der Waals surface area contributed by atoms with Crippen molar-refractivity contribution in [1.82, 2.24) is 0 Å². The van der Waals surface area contributed by atoms with E-state index in [0.717, 1.165) is 12.1 Å². The van der Waals surface area contributed by atoms with E-state index in [4.69, 9.17) is 23.7 Å². The first-order valence-electron chi connectivity index (χ1n) is 12.6. The number of rotatable bonds is 6. The summed E-state index contributed by atoms with van der Waals surface area (Å²) in [5.74, 6) is -4.61. The number of hydrogen-bond donors (Lipinski definition) is 9. The van der Waals surface area contributed by atoms with Crippen LogP contribution >= 0.6 is 0 Å². The van der Waals surface area contributed by atoms with Crippen LogP contribution in [0.15, 0.2) is 36.4 Å². The number of phenolic OH excluding ortho intramolecular Hbond substituents is 1. The molecule has 15 heteroatoms. The Labute approximate surface area is 231 Å². The summed E-state index contributed by atoms with van der Waals surface area (Å²) >= 11 is 0. The molecule has 11 atom stereocenters. The lowest BCUT2D eigenvalue weighted by molar-refractivity contribution is -0.277. The fourth-order valence-corrected chi connectivity index (χ4v) is 4.83. The highest BCUT2D eigenvalue weighted by Crippen LogP contribution is 2.47. The van der Waals surface area contributed by atoms with E-state index < -0.39 is 85.3 Å². The van der Waals surface area contributed by atoms with Gasteiger partial charge in [-0.05, 0) is 31.2 Å². The van der Waals surface area contributed by atoms with Crippen molar-refractivity contribution in [3.8, 4) is 23.0 Å². The lowest BCUT2D eigenvalue weighted by Crippen LogP contribution is -2.60. The fraction of sp³-hybridized carbons (Fsp3) is 0.500. The van der Waals surface area contributed by atoms with Crippen LogP contribution in [-0.4, -0.2) is 120 Å². The first-order chi connectivity index (χ1) is 19.3. The van der Waals surface area contributed by atoms with Crippen LogP contribution in [0, 0.1) is 0 Å². The smallest absolute Gasteiger partial charge is 0.300 e. The maximum Gasteiger partial charge on any atom is 0.300 e. The summed E-state index contributed by atoms with van der Waals surface area (Å²) in [6.45, 7) is 0.765. The largest absolute Gasteiger partial charge is 0.508 e. The van der Waals surface area contributed by atoms with Crippen molar-refractivity contribution in [3.05, 3.63) is 47.5 Å². The zero-order chi connectivity index (χ0) is 29.8. The van der Waals surface area contributed by atoms with Crippen LogP contribution in [-0.2, 0) is 15.3 Å². The van der Waals surface area contributed by atoms with E-state index in [-0.39, 0.29) is 28.4 Å². The van der Waals surface area contributed by atoms with Gasteiger partial charge < -0.3 is 69.6 Å². The molecule has 2 aromatic carbocycles. The zero-order valence-electron chi connectivity index (χ0n) is 21.4. The van der Waals surface area contributed by atoms with Crippen LogP contribution in [0.3, 0.4) is 0 Å². The molecule has 0 radical (unpaired) electrons. The minimum Gasteiger partial charge on any atom is -0.508 e. The highest BCUT2D eigenvalue weighted by molar-refractivity contribution is 6.09. The number of ether oxygens (including phenoxy) is 5. The first kappa shape index (κ1) is 29.4. The Morgan fingerprint density at radius 1 is 0.829 bits per heavy atom. The molecule has 0 aromatic heterocycles. The van der Waals surface area contributed by atoms with Crippen LogP contribution in [0.1, 0.15) is 22.8 Å². The predicted octanol–water partition coefficient (Wildman–Crippen LogP) is -2.80. The summed E-state index contributed by atoms with van der Waals surface area (Å²) in [6, 6.07) is 7.25. The van der Waals surface area contributed by atoms with E-state index in [1.165, 1.54) is 31.2 Å². The summed E-state index contributed by atoms with van der Waals surface area (Å²) in [6.07, 6.45) is -14.8. The molecule has 2 saturated heterocycles. The van der Waals surface area contributed by atoms with E-state index >= 15 is 0 Å². The number of ketones is 1. The molecule has 0 amide bonds. The number of aliphatic hydroxyl groups is 8. The molecule has 41 heavy (non-hydrogen) atoms. The highest BCUT2D eigenvalue weighted by atomic mass is 16.7. The summed E-state index contributed by atoms with van der Waals surface area (Å²) < 4.78 is 27.3. The molecule has 2 fully saturated rings. The van der Waals surface area contributed by atoms with Crippen molar-refractivity contribution in [3.63, 3.8) is 0 Å². The van der Waals surface area contributed by atoms with Crippen molar-refractivity contribution in [2.45, 2.75) is 74.1 Å². The van der Waals surface area contributed by atoms with Gasteiger partial charge in [0.05, 0.1) is 12.7 Å². The number of fused-ring (bicyclic) bond motifs is 1. The second-order valence-corrected chi connectivity index (χ2v) is 10.0. The molecule has 0 aliphatic carbocycles. The summed E-state index contributed by atoms with van der Waals surface area (Å²) in [7, 11) is 0. The number of Topliss-reactive ketones (excluding diaryl/α,β-unsaturated/α-hetero) is 1. The SMILES string of the molecule is C[C@@H]1O[C@@H](Oc2ccc(C3(O)Oc4cc(O)cc(O[C@@H]5O[C@H](CO)[C@@H](O)[C@H](O)[C@H]5O)c4C3=O)cc2)[C@H](O)[C@H](O)[C@H]1O. The Morgan fingerprint density at radius 2 is 1.44 bits per heavy atom. The van der Waals surface area contributed by atoms with Crippen molar-refractivity contribution >= 4 is 5.78 Å². The van der Waals surface area contributed by atoms with Gasteiger partial charge in [0, 0.05) is 17.7 Å². The van der Waals surface area contributed by atoms with Crippen molar-refractivity contribution < 1.29 is 74.4 Å². The Hall–Kier alpha value is -3.09. The quantitative estimate of drug-likeness (QED) is 0.167. The number of aliphatic hydroxyl groups excluding tert-OH is 7. The summed E-state index contributed by atoms with van der Waals surface area (Å²) in [5, 5.41) is 91.2. The third-order valence-electron chi connectivity index (χ3n) is 7.24. The summed E-state index contributed by atoms with van der Waals surface area (Å²) in [5.41, 5.74) is -0.402. The number of hydrogen-bond acceptors (Lipinski definition) is 15. The maximum atomic E-state index is 13.5. The molecule has 5 rings (SSSR count). The maximum absolute atomic E-state index is 13.5. The molecule has 1 unspecified atom stereocenters. The van der Waals surface area contributed by atoms with E-state index in [2.05, 4.69) is 0 Å². The Bertz CT molecular complexity index is 1270. The number of carbonyl (C=O) groups excluding carboxylic acids is 1. The van der Waals surface area contributed by atoms with Crippen molar-refractivity contribution in [1.29, 1.82) is 0 Å². The number of benzene rings is 2. The molecule has 0 spiro atoms. The van der Waals surface area contributed by atoms with Crippen LogP contribution in [0.5, 0.6) is 23.0 Å². The number of aromatic hydroxyl groups is 1. The van der Waals surface area contributed by atoms with Gasteiger partial charge in [-0.15, -0.1) is 0 Å². The Kier molecular flexibility index (Phi) is 7.86. The van der Waals surface area contributed by atoms with Crippen LogP contribution in [0.4, 0.5) is 0 Å². The van der Waals surface area contributed by atoms with Gasteiger partial charge in [-0.3, -0.25) is 4.79 Å². The average Bonchev–Trinajstić information content (AvgIpc) is 3.21. The second kappa shape index (κ2) is 11.0. The van der Waals surface area contributed by atoms with Crippen molar-refractivity contribution in [2.24, 2.45) is 0 Å². The lowest BCUT2D eigenvalue weighted by atomic mass is 9.97. The average molecular weight is 583 g/mol. The minimum absolute atomic E-state index is 0.0711. The molecular formula is C26H30O15. The van der Waals surface area contributed by atoms with Gasteiger partial charge in [-0.25, -0.2) is 0 Å². The Morgan fingerprint density at radius 3 is 2.07 bits per heavy atom. The molecular weight excluding hydrogens is 552 g/mol. The molecule has 15 nitrogen and oxygen atoms in total. The van der Waals surface area contributed by atoms with Crippen molar-refractivity contribution in [2.75, 3.05) is 6.61 Å². The molecule has 3 aliphatic rings. The highest BCUT2D eigenvalue weighted by Gasteiger charge is 2.52. The van der Waals surface area contributed by atoms with Crippen LogP contribution < -0.4 is 14.2 Å². The van der Waals surface area contributed by atoms with Crippen LogP contribution in [0.25, 0.3) is 0 Å². The topological polar surface area (TPSA) is 245 Å². The van der Waals surface area contributed by atoms with Gasteiger partial charge in [0.15, 0.2) is 0 Å². The molecule has 3 heterocycles. The fourth-order valence-electron chi connectivity index (χ4n) is 4.83. The third kappa shape index (κ3) is 5.10. The molecule has 0 bridgehead atoms. The zero-order valence-corrected chi connectivity index (χ0v) is 21.4. The van der Waals surface area contributed by atoms with Gasteiger partial charge in [0.25, 0.3) is 5.79 Å². The van der Waals surface area contributed by atoms with E-state index in [1.54, 1.807) is 0 Å². The van der Waals surface area contributed by atoms with Gasteiger partial charge >= 0.3 is 0 Å². The van der Waals surface area contributed by atoms with E-state index in [0.29, 0.717) is 0 Å². The second-order valence-electron chi connectivity index (χ2n) is 10.0. The molecule has 9 N–H and O–H groups in total. The molecule has 0 saturated carbocycles.